The minimum Gasteiger partial charge on any atom is -0.469 e. The molecule has 0 amide bonds. The van der Waals surface area contributed by atoms with E-state index >= 15 is 0 Å². The van der Waals surface area contributed by atoms with Gasteiger partial charge in [-0.1, -0.05) is 46.5 Å². The third kappa shape index (κ3) is 15.9. The molecule has 16 heavy (non-hydrogen) atoms. The quantitative estimate of drug-likeness (QED) is 0.489. The Morgan fingerprint density at radius 2 is 1.69 bits per heavy atom. The van der Waals surface area contributed by atoms with Gasteiger partial charge >= 0.3 is 5.97 Å². The van der Waals surface area contributed by atoms with Gasteiger partial charge in [-0.25, -0.2) is 0 Å². The summed E-state index contributed by atoms with van der Waals surface area (Å²) >= 11 is 0. The Kier molecular flexibility index (Phi) is 18.8. The summed E-state index contributed by atoms with van der Waals surface area (Å²) in [7, 11) is 1.42. The molecule has 0 bridgehead atoms. The zero-order valence-electron chi connectivity index (χ0n) is 11.5. The Balaban J connectivity index is 0. The first kappa shape index (κ1) is 17.8. The minimum atomic E-state index is -0.136. The van der Waals surface area contributed by atoms with Crippen LogP contribution in [0.1, 0.15) is 59.3 Å². The Bertz CT molecular complexity index is 138. The second-order valence-corrected chi connectivity index (χ2v) is 3.49. The zero-order chi connectivity index (χ0) is 12.6. The van der Waals surface area contributed by atoms with Gasteiger partial charge in [0.05, 0.1) is 13.5 Å². The van der Waals surface area contributed by atoms with Crippen LogP contribution in [0.3, 0.4) is 0 Å². The average molecular weight is 231 g/mol. The molecular weight excluding hydrogens is 202 g/mol. The lowest BCUT2D eigenvalue weighted by molar-refractivity contribution is -0.140. The molecule has 0 unspecified atom stereocenters. The normalized spacial score (nSPS) is 9.25. The lowest BCUT2D eigenvalue weighted by atomic mass is 10.1. The number of nitrogens with one attached hydrogen (secondary N) is 1. The highest BCUT2D eigenvalue weighted by Gasteiger charge is 1.97. The largest absolute Gasteiger partial charge is 0.469 e. The highest BCUT2D eigenvalue weighted by Crippen LogP contribution is 2.00. The summed E-state index contributed by atoms with van der Waals surface area (Å²) in [6.45, 7) is 7.97. The molecule has 0 aliphatic rings. The number of carbonyl (C=O) groups is 1. The van der Waals surface area contributed by atoms with E-state index in [2.05, 4.69) is 17.0 Å². The number of hydrogen-bond donors (Lipinski definition) is 1. The summed E-state index contributed by atoms with van der Waals surface area (Å²) in [4.78, 5) is 10.7. The van der Waals surface area contributed by atoms with Gasteiger partial charge in [-0.2, -0.15) is 0 Å². The van der Waals surface area contributed by atoms with E-state index in [4.69, 9.17) is 0 Å². The van der Waals surface area contributed by atoms with Crippen LogP contribution in [0.25, 0.3) is 0 Å². The maximum atomic E-state index is 10.7. The van der Waals surface area contributed by atoms with E-state index < -0.39 is 0 Å². The smallest absolute Gasteiger partial charge is 0.306 e. The van der Waals surface area contributed by atoms with E-state index in [1.165, 1.54) is 39.2 Å². The zero-order valence-corrected chi connectivity index (χ0v) is 11.5. The summed E-state index contributed by atoms with van der Waals surface area (Å²) in [6.07, 6.45) is 6.93. The maximum absolute atomic E-state index is 10.7. The Labute approximate surface area is 101 Å². The van der Waals surface area contributed by atoms with Crippen LogP contribution in [0, 0.1) is 0 Å². The molecule has 1 N–H and O–H groups in total. The molecule has 0 saturated heterocycles. The van der Waals surface area contributed by atoms with Gasteiger partial charge in [0.2, 0.25) is 0 Å². The number of unbranched alkanes of at least 4 members (excludes halogenated alkanes) is 4. The van der Waals surface area contributed by atoms with Crippen molar-refractivity contribution in [2.24, 2.45) is 0 Å². The van der Waals surface area contributed by atoms with Gasteiger partial charge in [0.1, 0.15) is 0 Å². The number of rotatable bonds is 9. The lowest BCUT2D eigenvalue weighted by Gasteiger charge is -2.03. The van der Waals surface area contributed by atoms with Crippen LogP contribution in [0.15, 0.2) is 0 Å². The highest BCUT2D eigenvalue weighted by molar-refractivity contribution is 5.69. The summed E-state index contributed by atoms with van der Waals surface area (Å²) in [6, 6.07) is 0. The first-order valence-electron chi connectivity index (χ1n) is 6.58. The predicted octanol–water partition coefficient (Wildman–Crippen LogP) is 3.14. The molecule has 0 aromatic rings. The first-order chi connectivity index (χ1) is 7.81. The third-order valence-electron chi connectivity index (χ3n) is 2.19. The van der Waals surface area contributed by atoms with Gasteiger partial charge in [0.25, 0.3) is 0 Å². The fraction of sp³-hybridized carbons (Fsp3) is 0.923. The molecule has 0 aliphatic carbocycles. The number of methoxy groups -OCH3 is 1. The molecule has 0 saturated carbocycles. The summed E-state index contributed by atoms with van der Waals surface area (Å²) in [5.41, 5.74) is 0. The molecule has 0 aromatic carbocycles. The van der Waals surface area contributed by atoms with E-state index in [-0.39, 0.29) is 5.97 Å². The fourth-order valence-electron chi connectivity index (χ4n) is 1.27. The molecule has 0 rings (SSSR count). The van der Waals surface area contributed by atoms with Crippen molar-refractivity contribution >= 4 is 5.97 Å². The Morgan fingerprint density at radius 1 is 1.06 bits per heavy atom. The van der Waals surface area contributed by atoms with Gasteiger partial charge < -0.3 is 10.1 Å². The van der Waals surface area contributed by atoms with Crippen molar-refractivity contribution in [2.75, 3.05) is 20.2 Å². The predicted molar refractivity (Wildman–Crippen MR) is 69.6 cm³/mol. The van der Waals surface area contributed by atoms with Gasteiger partial charge in [-0.15, -0.1) is 0 Å². The number of carbonyl (C=O) groups excluding carboxylic acids is 1. The van der Waals surface area contributed by atoms with E-state index in [1.807, 2.05) is 13.8 Å². The maximum Gasteiger partial charge on any atom is 0.306 e. The van der Waals surface area contributed by atoms with Crippen molar-refractivity contribution in [3.63, 3.8) is 0 Å². The average Bonchev–Trinajstić information content (AvgIpc) is 2.34. The topological polar surface area (TPSA) is 38.3 Å². The van der Waals surface area contributed by atoms with Crippen molar-refractivity contribution < 1.29 is 9.53 Å². The summed E-state index contributed by atoms with van der Waals surface area (Å²) < 4.78 is 4.53. The van der Waals surface area contributed by atoms with Crippen LogP contribution in [0.5, 0.6) is 0 Å². The van der Waals surface area contributed by atoms with E-state index in [1.54, 1.807) is 0 Å². The standard InChI is InChI=1S/C11H23NO2.C2H6/c1-3-4-5-6-7-9-12-10-8-11(13)14-2;1-2/h12H,3-10H2,1-2H3;1-2H3. The van der Waals surface area contributed by atoms with Crippen LogP contribution in [-0.4, -0.2) is 26.2 Å². The minimum absolute atomic E-state index is 0.136. The Morgan fingerprint density at radius 3 is 2.25 bits per heavy atom. The van der Waals surface area contributed by atoms with Crippen LogP contribution in [0.4, 0.5) is 0 Å². The molecule has 0 fully saturated rings. The van der Waals surface area contributed by atoms with Gasteiger partial charge in [-0.3, -0.25) is 4.79 Å². The number of esters is 1. The van der Waals surface area contributed by atoms with E-state index in [9.17, 15) is 4.79 Å². The third-order valence-corrected chi connectivity index (χ3v) is 2.19. The molecule has 0 atom stereocenters. The van der Waals surface area contributed by atoms with Crippen LogP contribution in [-0.2, 0) is 9.53 Å². The molecule has 3 heteroatoms. The number of hydrogen-bond acceptors (Lipinski definition) is 3. The van der Waals surface area contributed by atoms with Crippen molar-refractivity contribution in [3.8, 4) is 0 Å². The molecular formula is C13H29NO2. The Hall–Kier alpha value is -0.570. The van der Waals surface area contributed by atoms with Crippen LogP contribution < -0.4 is 5.32 Å². The molecule has 0 radical (unpaired) electrons. The molecule has 0 spiro atoms. The van der Waals surface area contributed by atoms with Crippen molar-refractivity contribution in [3.05, 3.63) is 0 Å². The molecule has 3 nitrogen and oxygen atoms in total. The van der Waals surface area contributed by atoms with E-state index in [0.717, 1.165) is 13.1 Å². The van der Waals surface area contributed by atoms with Crippen molar-refractivity contribution in [1.29, 1.82) is 0 Å². The summed E-state index contributed by atoms with van der Waals surface area (Å²) in [5.74, 6) is -0.136. The molecule has 0 heterocycles. The van der Waals surface area contributed by atoms with E-state index in [0.29, 0.717) is 6.42 Å². The van der Waals surface area contributed by atoms with Crippen LogP contribution in [0.2, 0.25) is 0 Å². The first-order valence-corrected chi connectivity index (χ1v) is 6.58. The van der Waals surface area contributed by atoms with Crippen molar-refractivity contribution in [1.82, 2.24) is 5.32 Å². The van der Waals surface area contributed by atoms with Crippen LogP contribution >= 0.6 is 0 Å². The SMILES string of the molecule is CC.CCCCCCCNCCC(=O)OC. The lowest BCUT2D eigenvalue weighted by Crippen LogP contribution is -2.19. The summed E-state index contributed by atoms with van der Waals surface area (Å²) in [5, 5.41) is 3.23. The molecule has 0 aliphatic heterocycles. The highest BCUT2D eigenvalue weighted by atomic mass is 16.5. The van der Waals surface area contributed by atoms with Crippen molar-refractivity contribution in [2.45, 2.75) is 59.3 Å². The fourth-order valence-corrected chi connectivity index (χ4v) is 1.27. The van der Waals surface area contributed by atoms with Gasteiger partial charge in [0, 0.05) is 6.54 Å². The second kappa shape index (κ2) is 16.8. The second-order valence-electron chi connectivity index (χ2n) is 3.49. The van der Waals surface area contributed by atoms with Gasteiger partial charge in [-0.05, 0) is 13.0 Å². The number of ether oxygens (including phenoxy) is 1. The van der Waals surface area contributed by atoms with Gasteiger partial charge in [0.15, 0.2) is 0 Å². The molecule has 0 aromatic heterocycles. The molecule has 98 valence electrons. The monoisotopic (exact) mass is 231 g/mol.